The first-order chi connectivity index (χ1) is 7.17. The molecule has 1 rings (SSSR count). The van der Waals surface area contributed by atoms with Gasteiger partial charge in [-0.15, -0.1) is 0 Å². The van der Waals surface area contributed by atoms with Crippen molar-refractivity contribution in [3.8, 4) is 5.88 Å². The monoisotopic (exact) mass is 209 g/mol. The van der Waals surface area contributed by atoms with Crippen molar-refractivity contribution >= 4 is 5.97 Å². The van der Waals surface area contributed by atoms with Crippen LogP contribution in [-0.2, 0) is 16.0 Å². The normalized spacial score (nSPS) is 11.9. The lowest BCUT2D eigenvalue weighted by molar-refractivity contribution is -0.144. The summed E-state index contributed by atoms with van der Waals surface area (Å²) in [5.41, 5.74) is 0.994. The second-order valence-corrected chi connectivity index (χ2v) is 3.34. The summed E-state index contributed by atoms with van der Waals surface area (Å²) < 4.78 is 9.59. The molecule has 1 atom stereocenters. The van der Waals surface area contributed by atoms with E-state index in [-0.39, 0.29) is 11.9 Å². The summed E-state index contributed by atoms with van der Waals surface area (Å²) in [5.74, 6) is 0.223. The number of methoxy groups -OCH3 is 2. The quantitative estimate of drug-likeness (QED) is 0.704. The largest absolute Gasteiger partial charge is 0.481 e. The fourth-order valence-corrected chi connectivity index (χ4v) is 1.29. The molecule has 0 radical (unpaired) electrons. The first-order valence-electron chi connectivity index (χ1n) is 4.74. The molecular formula is C11H15NO3. The molecule has 15 heavy (non-hydrogen) atoms. The van der Waals surface area contributed by atoms with Gasteiger partial charge in [-0.2, -0.15) is 0 Å². The van der Waals surface area contributed by atoms with Gasteiger partial charge in [-0.3, -0.25) is 4.79 Å². The van der Waals surface area contributed by atoms with Gasteiger partial charge in [0.1, 0.15) is 0 Å². The predicted molar refractivity (Wildman–Crippen MR) is 55.7 cm³/mol. The summed E-state index contributed by atoms with van der Waals surface area (Å²) >= 11 is 0. The number of hydrogen-bond acceptors (Lipinski definition) is 4. The molecule has 1 unspecified atom stereocenters. The Labute approximate surface area is 89.2 Å². The highest BCUT2D eigenvalue weighted by molar-refractivity contribution is 5.72. The first-order valence-corrected chi connectivity index (χ1v) is 4.74. The third kappa shape index (κ3) is 3.23. The van der Waals surface area contributed by atoms with Crippen molar-refractivity contribution in [2.24, 2.45) is 5.92 Å². The van der Waals surface area contributed by atoms with Crippen LogP contribution in [0.4, 0.5) is 0 Å². The summed E-state index contributed by atoms with van der Waals surface area (Å²) in [7, 11) is 2.96. The van der Waals surface area contributed by atoms with Crippen molar-refractivity contribution in [3.63, 3.8) is 0 Å². The molecule has 4 heteroatoms. The van der Waals surface area contributed by atoms with Gasteiger partial charge in [0.15, 0.2) is 0 Å². The molecular weight excluding hydrogens is 194 g/mol. The second-order valence-electron chi connectivity index (χ2n) is 3.34. The summed E-state index contributed by atoms with van der Waals surface area (Å²) in [6.07, 6.45) is 2.34. The van der Waals surface area contributed by atoms with E-state index in [9.17, 15) is 4.79 Å². The molecule has 1 heterocycles. The van der Waals surface area contributed by atoms with Crippen LogP contribution in [0.5, 0.6) is 5.88 Å². The predicted octanol–water partition coefficient (Wildman–Crippen LogP) is 1.44. The highest BCUT2D eigenvalue weighted by atomic mass is 16.5. The van der Waals surface area contributed by atoms with Gasteiger partial charge in [0.2, 0.25) is 5.88 Å². The van der Waals surface area contributed by atoms with Crippen LogP contribution >= 0.6 is 0 Å². The molecule has 0 aliphatic rings. The minimum Gasteiger partial charge on any atom is -0.481 e. The van der Waals surface area contributed by atoms with Crippen LogP contribution in [0.1, 0.15) is 12.5 Å². The van der Waals surface area contributed by atoms with Gasteiger partial charge in [-0.1, -0.05) is 13.0 Å². The molecule has 0 fully saturated rings. The van der Waals surface area contributed by atoms with E-state index in [0.29, 0.717) is 12.3 Å². The third-order valence-electron chi connectivity index (χ3n) is 2.15. The Bertz CT molecular complexity index is 321. The summed E-state index contributed by atoms with van der Waals surface area (Å²) in [6.45, 7) is 1.83. The molecule has 0 spiro atoms. The number of esters is 1. The molecule has 0 amide bonds. The topological polar surface area (TPSA) is 48.4 Å². The second kappa shape index (κ2) is 5.34. The lowest BCUT2D eigenvalue weighted by Gasteiger charge is -2.08. The maximum Gasteiger partial charge on any atom is 0.308 e. The molecule has 0 aliphatic carbocycles. The zero-order valence-electron chi connectivity index (χ0n) is 9.19. The molecule has 1 aromatic heterocycles. The van der Waals surface area contributed by atoms with E-state index < -0.39 is 0 Å². The number of rotatable bonds is 4. The van der Waals surface area contributed by atoms with Crippen molar-refractivity contribution in [1.29, 1.82) is 0 Å². The Hall–Kier alpha value is -1.58. The van der Waals surface area contributed by atoms with Gasteiger partial charge in [-0.25, -0.2) is 4.98 Å². The number of hydrogen-bond donors (Lipinski definition) is 0. The van der Waals surface area contributed by atoms with Crippen molar-refractivity contribution < 1.29 is 14.3 Å². The molecule has 0 N–H and O–H groups in total. The third-order valence-corrected chi connectivity index (χ3v) is 2.15. The molecule has 4 nitrogen and oxygen atoms in total. The smallest absolute Gasteiger partial charge is 0.308 e. The van der Waals surface area contributed by atoms with E-state index in [4.69, 9.17) is 4.74 Å². The van der Waals surface area contributed by atoms with E-state index in [1.54, 1.807) is 19.4 Å². The van der Waals surface area contributed by atoms with Gasteiger partial charge < -0.3 is 9.47 Å². The minimum atomic E-state index is -0.203. The number of aromatic nitrogens is 1. The molecule has 82 valence electrons. The van der Waals surface area contributed by atoms with Gasteiger partial charge in [0, 0.05) is 12.3 Å². The van der Waals surface area contributed by atoms with Crippen molar-refractivity contribution in [2.45, 2.75) is 13.3 Å². The van der Waals surface area contributed by atoms with Crippen LogP contribution in [-0.4, -0.2) is 25.2 Å². The highest BCUT2D eigenvalue weighted by Crippen LogP contribution is 2.12. The molecule has 0 saturated heterocycles. The van der Waals surface area contributed by atoms with E-state index in [1.165, 1.54) is 7.11 Å². The number of pyridine rings is 1. The SMILES string of the molecule is COC(=O)C(C)Cc1ccc(OC)nc1. The van der Waals surface area contributed by atoms with Crippen molar-refractivity contribution in [3.05, 3.63) is 23.9 Å². The van der Waals surface area contributed by atoms with E-state index in [0.717, 1.165) is 5.56 Å². The van der Waals surface area contributed by atoms with Crippen LogP contribution in [0.25, 0.3) is 0 Å². The fourth-order valence-electron chi connectivity index (χ4n) is 1.29. The van der Waals surface area contributed by atoms with E-state index in [2.05, 4.69) is 9.72 Å². The zero-order chi connectivity index (χ0) is 11.3. The highest BCUT2D eigenvalue weighted by Gasteiger charge is 2.13. The van der Waals surface area contributed by atoms with E-state index in [1.807, 2.05) is 13.0 Å². The summed E-state index contributed by atoms with van der Waals surface area (Å²) in [5, 5.41) is 0. The van der Waals surface area contributed by atoms with Gasteiger partial charge in [0.05, 0.1) is 20.1 Å². The standard InChI is InChI=1S/C11H15NO3/c1-8(11(13)15-3)6-9-4-5-10(14-2)12-7-9/h4-5,7-8H,6H2,1-3H3. The number of ether oxygens (including phenoxy) is 2. The van der Waals surface area contributed by atoms with Crippen LogP contribution in [0, 0.1) is 5.92 Å². The van der Waals surface area contributed by atoms with Crippen molar-refractivity contribution in [1.82, 2.24) is 4.98 Å². The zero-order valence-corrected chi connectivity index (χ0v) is 9.19. The Morgan fingerprint density at radius 2 is 2.20 bits per heavy atom. The fraction of sp³-hybridized carbons (Fsp3) is 0.455. The Morgan fingerprint density at radius 3 is 2.67 bits per heavy atom. The Kier molecular flexibility index (Phi) is 4.09. The van der Waals surface area contributed by atoms with Crippen LogP contribution in [0.3, 0.4) is 0 Å². The van der Waals surface area contributed by atoms with Crippen molar-refractivity contribution in [2.75, 3.05) is 14.2 Å². The number of carbonyl (C=O) groups is 1. The maximum atomic E-state index is 11.2. The van der Waals surface area contributed by atoms with Gasteiger partial charge >= 0.3 is 5.97 Å². The van der Waals surface area contributed by atoms with Gasteiger partial charge in [-0.05, 0) is 12.0 Å². The average Bonchev–Trinajstić information content (AvgIpc) is 2.29. The average molecular weight is 209 g/mol. The Balaban J connectivity index is 2.60. The first kappa shape index (κ1) is 11.5. The maximum absolute atomic E-state index is 11.2. The Morgan fingerprint density at radius 1 is 1.47 bits per heavy atom. The molecule has 0 aromatic carbocycles. The van der Waals surface area contributed by atoms with Gasteiger partial charge in [0.25, 0.3) is 0 Å². The molecule has 0 bridgehead atoms. The number of carbonyl (C=O) groups excluding carboxylic acids is 1. The number of nitrogens with zero attached hydrogens (tertiary/aromatic N) is 1. The summed E-state index contributed by atoms with van der Waals surface area (Å²) in [6, 6.07) is 3.67. The lowest BCUT2D eigenvalue weighted by Crippen LogP contribution is -2.15. The van der Waals surface area contributed by atoms with Crippen LogP contribution in [0.15, 0.2) is 18.3 Å². The van der Waals surface area contributed by atoms with E-state index >= 15 is 0 Å². The van der Waals surface area contributed by atoms with Crippen LogP contribution < -0.4 is 4.74 Å². The minimum absolute atomic E-state index is 0.148. The molecule has 0 saturated carbocycles. The summed E-state index contributed by atoms with van der Waals surface area (Å²) in [4.78, 5) is 15.2. The molecule has 0 aliphatic heterocycles. The molecule has 1 aromatic rings. The lowest BCUT2D eigenvalue weighted by atomic mass is 10.0. The van der Waals surface area contributed by atoms with Crippen LogP contribution in [0.2, 0.25) is 0 Å².